The quantitative estimate of drug-likeness (QED) is 0.883. The Kier molecular flexibility index (Phi) is 5.42. The van der Waals surface area contributed by atoms with Crippen LogP contribution in [0.15, 0.2) is 30.5 Å². The molecule has 1 atom stereocenters. The number of nitriles is 1. The topological polar surface area (TPSA) is 94.8 Å². The Labute approximate surface area is 153 Å². The van der Waals surface area contributed by atoms with Gasteiger partial charge in [-0.05, 0) is 36.1 Å². The van der Waals surface area contributed by atoms with Crippen LogP contribution in [0.4, 0.5) is 5.82 Å². The van der Waals surface area contributed by atoms with Gasteiger partial charge in [-0.25, -0.2) is 0 Å². The standard InChI is InChI=1S/C19H22N6O/c1-13(2)17-5-3-14(11-21-17)9-19(26)22-16-7-8-25(12-16)18-6-4-15(10-20)23-24-18/h3-6,11,13,16H,7-9,12H2,1-2H3,(H,22,26). The Morgan fingerprint density at radius 1 is 1.35 bits per heavy atom. The molecule has 3 heterocycles. The van der Waals surface area contributed by atoms with Gasteiger partial charge in [0.05, 0.1) is 6.42 Å². The fraction of sp³-hybridized carbons (Fsp3) is 0.421. The van der Waals surface area contributed by atoms with Crippen LogP contribution in [0.1, 0.15) is 43.1 Å². The van der Waals surface area contributed by atoms with Gasteiger partial charge in [0, 0.05) is 31.0 Å². The molecule has 1 aliphatic rings. The van der Waals surface area contributed by atoms with Crippen molar-refractivity contribution in [2.45, 2.75) is 38.6 Å². The third-order valence-electron chi connectivity index (χ3n) is 4.45. The lowest BCUT2D eigenvalue weighted by Crippen LogP contribution is -2.38. The van der Waals surface area contributed by atoms with Gasteiger partial charge in [0.15, 0.2) is 11.5 Å². The largest absolute Gasteiger partial charge is 0.353 e. The van der Waals surface area contributed by atoms with Crippen LogP contribution in [0.3, 0.4) is 0 Å². The van der Waals surface area contributed by atoms with E-state index in [-0.39, 0.29) is 11.9 Å². The van der Waals surface area contributed by atoms with Gasteiger partial charge in [0.1, 0.15) is 6.07 Å². The summed E-state index contributed by atoms with van der Waals surface area (Å²) in [6.45, 7) is 5.69. The highest BCUT2D eigenvalue weighted by Gasteiger charge is 2.25. The fourth-order valence-electron chi connectivity index (χ4n) is 2.99. The van der Waals surface area contributed by atoms with E-state index >= 15 is 0 Å². The van der Waals surface area contributed by atoms with Crippen molar-refractivity contribution in [2.24, 2.45) is 0 Å². The molecule has 1 amide bonds. The number of carbonyl (C=O) groups excluding carboxylic acids is 1. The van der Waals surface area contributed by atoms with Crippen molar-refractivity contribution in [3.63, 3.8) is 0 Å². The molecule has 1 unspecified atom stereocenters. The van der Waals surface area contributed by atoms with Gasteiger partial charge < -0.3 is 10.2 Å². The Hall–Kier alpha value is -3.01. The lowest BCUT2D eigenvalue weighted by molar-refractivity contribution is -0.121. The fourth-order valence-corrected chi connectivity index (χ4v) is 2.99. The monoisotopic (exact) mass is 350 g/mol. The zero-order chi connectivity index (χ0) is 18.5. The number of pyridine rings is 1. The molecule has 1 N–H and O–H groups in total. The molecular formula is C19H22N6O. The molecule has 1 saturated heterocycles. The summed E-state index contributed by atoms with van der Waals surface area (Å²) < 4.78 is 0. The third-order valence-corrected chi connectivity index (χ3v) is 4.45. The molecule has 7 heteroatoms. The minimum absolute atomic E-state index is 0.00172. The smallest absolute Gasteiger partial charge is 0.224 e. The summed E-state index contributed by atoms with van der Waals surface area (Å²) in [5.41, 5.74) is 2.25. The maximum atomic E-state index is 12.3. The van der Waals surface area contributed by atoms with Gasteiger partial charge in [0.25, 0.3) is 0 Å². The second kappa shape index (κ2) is 7.91. The first-order valence-corrected chi connectivity index (χ1v) is 8.78. The van der Waals surface area contributed by atoms with Crippen molar-refractivity contribution in [1.82, 2.24) is 20.5 Å². The zero-order valence-corrected chi connectivity index (χ0v) is 15.0. The van der Waals surface area contributed by atoms with E-state index in [1.54, 1.807) is 18.3 Å². The van der Waals surface area contributed by atoms with Crippen LogP contribution in [0.2, 0.25) is 0 Å². The minimum Gasteiger partial charge on any atom is -0.353 e. The van der Waals surface area contributed by atoms with Crippen LogP contribution in [0.5, 0.6) is 0 Å². The highest BCUT2D eigenvalue weighted by molar-refractivity contribution is 5.79. The molecule has 0 saturated carbocycles. The summed E-state index contributed by atoms with van der Waals surface area (Å²) in [6.07, 6.45) is 2.97. The van der Waals surface area contributed by atoms with Crippen LogP contribution in [-0.2, 0) is 11.2 Å². The SMILES string of the molecule is CC(C)c1ccc(CC(=O)NC2CCN(c3ccc(C#N)nn3)C2)cn1. The number of hydrogen-bond donors (Lipinski definition) is 1. The molecule has 0 spiro atoms. The Morgan fingerprint density at radius 3 is 2.81 bits per heavy atom. The van der Waals surface area contributed by atoms with Crippen molar-refractivity contribution < 1.29 is 4.79 Å². The molecule has 1 aliphatic heterocycles. The number of nitrogens with one attached hydrogen (secondary N) is 1. The second-order valence-corrected chi connectivity index (χ2v) is 6.81. The number of anilines is 1. The first kappa shape index (κ1) is 17.8. The van der Waals surface area contributed by atoms with E-state index in [0.717, 1.165) is 30.0 Å². The van der Waals surface area contributed by atoms with Crippen LogP contribution >= 0.6 is 0 Å². The summed E-state index contributed by atoms with van der Waals surface area (Å²) in [6, 6.07) is 9.44. The molecule has 0 aliphatic carbocycles. The zero-order valence-electron chi connectivity index (χ0n) is 15.0. The minimum atomic E-state index is 0.00172. The van der Waals surface area contributed by atoms with Gasteiger partial charge in [-0.1, -0.05) is 19.9 Å². The van der Waals surface area contributed by atoms with Crippen LogP contribution in [-0.4, -0.2) is 40.2 Å². The third kappa shape index (κ3) is 4.33. The molecule has 1 fully saturated rings. The molecule has 2 aromatic heterocycles. The van der Waals surface area contributed by atoms with Crippen molar-refractivity contribution in [3.8, 4) is 6.07 Å². The Morgan fingerprint density at radius 2 is 2.19 bits per heavy atom. The Balaban J connectivity index is 1.51. The molecular weight excluding hydrogens is 328 g/mol. The Bertz CT molecular complexity index is 794. The van der Waals surface area contributed by atoms with E-state index in [0.29, 0.717) is 24.6 Å². The lowest BCUT2D eigenvalue weighted by Gasteiger charge is -2.17. The average molecular weight is 350 g/mol. The van der Waals surface area contributed by atoms with Gasteiger partial charge in [-0.15, -0.1) is 10.2 Å². The van der Waals surface area contributed by atoms with E-state index in [1.807, 2.05) is 18.2 Å². The number of aromatic nitrogens is 3. The van der Waals surface area contributed by atoms with E-state index in [4.69, 9.17) is 5.26 Å². The van der Waals surface area contributed by atoms with E-state index in [1.165, 1.54) is 0 Å². The molecule has 7 nitrogen and oxygen atoms in total. The molecule has 3 rings (SSSR count). The molecule has 0 radical (unpaired) electrons. The van der Waals surface area contributed by atoms with E-state index in [9.17, 15) is 4.79 Å². The predicted octanol–water partition coefficient (Wildman–Crippen LogP) is 1.80. The predicted molar refractivity (Wildman–Crippen MR) is 97.5 cm³/mol. The van der Waals surface area contributed by atoms with Crippen LogP contribution in [0.25, 0.3) is 0 Å². The average Bonchev–Trinajstić information content (AvgIpc) is 3.10. The van der Waals surface area contributed by atoms with Gasteiger partial charge in [0.2, 0.25) is 5.91 Å². The number of nitrogens with zero attached hydrogens (tertiary/aromatic N) is 5. The number of amides is 1. The summed E-state index contributed by atoms with van der Waals surface area (Å²) in [5, 5.41) is 19.8. The molecule has 0 bridgehead atoms. The molecule has 0 aromatic carbocycles. The van der Waals surface area contributed by atoms with Gasteiger partial charge in [-0.2, -0.15) is 5.26 Å². The first-order chi connectivity index (χ1) is 12.5. The maximum Gasteiger partial charge on any atom is 0.224 e. The maximum absolute atomic E-state index is 12.3. The molecule has 2 aromatic rings. The first-order valence-electron chi connectivity index (χ1n) is 8.78. The van der Waals surface area contributed by atoms with Crippen molar-refractivity contribution >= 4 is 11.7 Å². The number of rotatable bonds is 5. The highest BCUT2D eigenvalue weighted by Crippen LogP contribution is 2.17. The van der Waals surface area contributed by atoms with Crippen LogP contribution < -0.4 is 10.2 Å². The van der Waals surface area contributed by atoms with Crippen molar-refractivity contribution in [3.05, 3.63) is 47.4 Å². The second-order valence-electron chi connectivity index (χ2n) is 6.81. The normalized spacial score (nSPS) is 16.5. The lowest BCUT2D eigenvalue weighted by atomic mass is 10.1. The summed E-state index contributed by atoms with van der Waals surface area (Å²) in [7, 11) is 0. The van der Waals surface area contributed by atoms with Crippen LogP contribution in [0, 0.1) is 11.3 Å². The van der Waals surface area contributed by atoms with Crippen molar-refractivity contribution in [2.75, 3.05) is 18.0 Å². The highest BCUT2D eigenvalue weighted by atomic mass is 16.1. The van der Waals surface area contributed by atoms with Gasteiger partial charge in [-0.3, -0.25) is 9.78 Å². The van der Waals surface area contributed by atoms with Crippen molar-refractivity contribution in [1.29, 1.82) is 5.26 Å². The summed E-state index contributed by atoms with van der Waals surface area (Å²) >= 11 is 0. The summed E-state index contributed by atoms with van der Waals surface area (Å²) in [4.78, 5) is 18.8. The molecule has 134 valence electrons. The summed E-state index contributed by atoms with van der Waals surface area (Å²) in [5.74, 6) is 1.11. The van der Waals surface area contributed by atoms with E-state index in [2.05, 4.69) is 39.2 Å². The molecule has 26 heavy (non-hydrogen) atoms. The number of hydrogen-bond acceptors (Lipinski definition) is 6. The van der Waals surface area contributed by atoms with E-state index < -0.39 is 0 Å². The van der Waals surface area contributed by atoms with Gasteiger partial charge >= 0.3 is 0 Å². The number of carbonyl (C=O) groups is 1.